The number of hydrogen-bond donors (Lipinski definition) is 2. The minimum atomic E-state index is -0.169. The van der Waals surface area contributed by atoms with E-state index in [2.05, 4.69) is 10.6 Å². The van der Waals surface area contributed by atoms with Gasteiger partial charge >= 0.3 is 6.03 Å². The highest BCUT2D eigenvalue weighted by molar-refractivity contribution is 5.73. The van der Waals surface area contributed by atoms with Crippen molar-refractivity contribution in [2.75, 3.05) is 20.8 Å². The van der Waals surface area contributed by atoms with E-state index in [1.54, 1.807) is 14.2 Å². The van der Waals surface area contributed by atoms with Gasteiger partial charge in [-0.1, -0.05) is 30.3 Å². The molecule has 2 aromatic rings. The van der Waals surface area contributed by atoms with Gasteiger partial charge in [-0.15, -0.1) is 0 Å². The van der Waals surface area contributed by atoms with Crippen LogP contribution in [-0.4, -0.2) is 26.8 Å². The van der Waals surface area contributed by atoms with Crippen LogP contribution in [-0.2, 0) is 13.0 Å². The fourth-order valence-electron chi connectivity index (χ4n) is 2.44. The van der Waals surface area contributed by atoms with Crippen molar-refractivity contribution in [2.24, 2.45) is 0 Å². The molecule has 0 unspecified atom stereocenters. The molecule has 2 amide bonds. The molecular weight excluding hydrogens is 304 g/mol. The molecule has 0 fully saturated rings. The van der Waals surface area contributed by atoms with E-state index in [9.17, 15) is 4.79 Å². The molecule has 24 heavy (non-hydrogen) atoms. The molecule has 0 saturated carbocycles. The second-order valence-electron chi connectivity index (χ2n) is 5.48. The van der Waals surface area contributed by atoms with Crippen LogP contribution in [0.2, 0.25) is 0 Å². The van der Waals surface area contributed by atoms with Crippen LogP contribution >= 0.6 is 0 Å². The highest BCUT2D eigenvalue weighted by Crippen LogP contribution is 2.30. The molecule has 0 aromatic heterocycles. The standard InChI is InChI=1S/C19H24N2O3/c1-14-11-17(23-2)18(24-3)12-16(14)9-10-20-19(22)21-13-15-7-5-4-6-8-15/h4-8,11-12H,9-10,13H2,1-3H3,(H2,20,21,22). The Morgan fingerprint density at radius 3 is 2.33 bits per heavy atom. The molecule has 0 saturated heterocycles. The maximum atomic E-state index is 11.8. The number of carbonyl (C=O) groups is 1. The molecule has 0 aliphatic rings. The third-order valence-corrected chi connectivity index (χ3v) is 3.82. The van der Waals surface area contributed by atoms with Crippen molar-refractivity contribution in [3.05, 3.63) is 59.2 Å². The summed E-state index contributed by atoms with van der Waals surface area (Å²) in [5.74, 6) is 1.42. The lowest BCUT2D eigenvalue weighted by atomic mass is 10.0. The molecule has 2 rings (SSSR count). The van der Waals surface area contributed by atoms with Crippen LogP contribution in [0.25, 0.3) is 0 Å². The van der Waals surface area contributed by atoms with E-state index in [1.807, 2.05) is 49.4 Å². The normalized spacial score (nSPS) is 10.1. The van der Waals surface area contributed by atoms with Gasteiger partial charge in [0.1, 0.15) is 0 Å². The second-order valence-corrected chi connectivity index (χ2v) is 5.48. The van der Waals surface area contributed by atoms with Gasteiger partial charge in [0.05, 0.1) is 14.2 Å². The largest absolute Gasteiger partial charge is 0.493 e. The van der Waals surface area contributed by atoms with Gasteiger partial charge in [0, 0.05) is 13.1 Å². The van der Waals surface area contributed by atoms with Crippen molar-refractivity contribution in [3.63, 3.8) is 0 Å². The number of amides is 2. The van der Waals surface area contributed by atoms with Crippen LogP contribution in [0.4, 0.5) is 4.79 Å². The lowest BCUT2D eigenvalue weighted by Gasteiger charge is -2.13. The lowest BCUT2D eigenvalue weighted by Crippen LogP contribution is -2.36. The number of ether oxygens (including phenoxy) is 2. The first-order valence-electron chi connectivity index (χ1n) is 7.91. The van der Waals surface area contributed by atoms with E-state index in [0.717, 1.165) is 23.1 Å². The number of rotatable bonds is 7. The van der Waals surface area contributed by atoms with E-state index in [0.29, 0.717) is 24.6 Å². The summed E-state index contributed by atoms with van der Waals surface area (Å²) >= 11 is 0. The number of nitrogens with one attached hydrogen (secondary N) is 2. The van der Waals surface area contributed by atoms with E-state index < -0.39 is 0 Å². The average Bonchev–Trinajstić information content (AvgIpc) is 2.61. The molecule has 128 valence electrons. The zero-order valence-corrected chi connectivity index (χ0v) is 14.4. The highest BCUT2D eigenvalue weighted by atomic mass is 16.5. The Morgan fingerprint density at radius 1 is 1.00 bits per heavy atom. The van der Waals surface area contributed by atoms with Crippen LogP contribution in [0.1, 0.15) is 16.7 Å². The second kappa shape index (κ2) is 8.82. The van der Waals surface area contributed by atoms with Gasteiger partial charge in [-0.2, -0.15) is 0 Å². The first kappa shape index (κ1) is 17.7. The Morgan fingerprint density at radius 2 is 1.67 bits per heavy atom. The highest BCUT2D eigenvalue weighted by Gasteiger charge is 2.09. The summed E-state index contributed by atoms with van der Waals surface area (Å²) in [6.07, 6.45) is 0.727. The molecule has 0 heterocycles. The minimum absolute atomic E-state index is 0.169. The fourth-order valence-corrected chi connectivity index (χ4v) is 2.44. The van der Waals surface area contributed by atoms with Gasteiger partial charge in [-0.25, -0.2) is 4.79 Å². The molecular formula is C19H24N2O3. The summed E-state index contributed by atoms with van der Waals surface area (Å²) in [5, 5.41) is 5.72. The number of urea groups is 1. The molecule has 0 radical (unpaired) electrons. The molecule has 5 heteroatoms. The fraction of sp³-hybridized carbons (Fsp3) is 0.316. The summed E-state index contributed by atoms with van der Waals surface area (Å²) in [6, 6.07) is 13.6. The molecule has 0 aliphatic heterocycles. The van der Waals surface area contributed by atoms with Crippen molar-refractivity contribution in [1.29, 1.82) is 0 Å². The minimum Gasteiger partial charge on any atom is -0.493 e. The number of benzene rings is 2. The van der Waals surface area contributed by atoms with E-state index in [4.69, 9.17) is 9.47 Å². The maximum Gasteiger partial charge on any atom is 0.315 e. The third kappa shape index (κ3) is 4.91. The predicted molar refractivity (Wildman–Crippen MR) is 94.7 cm³/mol. The van der Waals surface area contributed by atoms with Crippen molar-refractivity contribution in [2.45, 2.75) is 19.9 Å². The predicted octanol–water partition coefficient (Wildman–Crippen LogP) is 3.05. The number of hydrogen-bond acceptors (Lipinski definition) is 3. The third-order valence-electron chi connectivity index (χ3n) is 3.82. The SMILES string of the molecule is COc1cc(C)c(CCNC(=O)NCc2ccccc2)cc1OC. The summed E-state index contributed by atoms with van der Waals surface area (Å²) < 4.78 is 10.6. The van der Waals surface area contributed by atoms with Gasteiger partial charge in [-0.3, -0.25) is 0 Å². The molecule has 5 nitrogen and oxygen atoms in total. The Hall–Kier alpha value is -2.69. The monoisotopic (exact) mass is 328 g/mol. The van der Waals surface area contributed by atoms with Gasteiger partial charge < -0.3 is 20.1 Å². The first-order valence-corrected chi connectivity index (χ1v) is 7.91. The quantitative estimate of drug-likeness (QED) is 0.821. The summed E-state index contributed by atoms with van der Waals surface area (Å²) in [4.78, 5) is 11.8. The number of methoxy groups -OCH3 is 2. The zero-order chi connectivity index (χ0) is 17.4. The molecule has 0 aliphatic carbocycles. The van der Waals surface area contributed by atoms with Gasteiger partial charge in [0.2, 0.25) is 0 Å². The van der Waals surface area contributed by atoms with Crippen LogP contribution in [0.3, 0.4) is 0 Å². The number of carbonyl (C=O) groups excluding carboxylic acids is 1. The topological polar surface area (TPSA) is 59.6 Å². The zero-order valence-electron chi connectivity index (χ0n) is 14.4. The van der Waals surface area contributed by atoms with Crippen molar-refractivity contribution in [3.8, 4) is 11.5 Å². The van der Waals surface area contributed by atoms with Crippen molar-refractivity contribution >= 4 is 6.03 Å². The van der Waals surface area contributed by atoms with Gasteiger partial charge in [0.25, 0.3) is 0 Å². The first-order chi connectivity index (χ1) is 11.6. The Bertz CT molecular complexity index is 672. The van der Waals surface area contributed by atoms with Gasteiger partial charge in [-0.05, 0) is 42.2 Å². The molecule has 0 atom stereocenters. The smallest absolute Gasteiger partial charge is 0.315 e. The summed E-state index contributed by atoms with van der Waals surface area (Å²) in [5.41, 5.74) is 3.30. The maximum absolute atomic E-state index is 11.8. The van der Waals surface area contributed by atoms with E-state index in [-0.39, 0.29) is 6.03 Å². The Labute approximate surface area is 143 Å². The number of aryl methyl sites for hydroxylation is 1. The summed E-state index contributed by atoms with van der Waals surface area (Å²) in [7, 11) is 3.24. The average molecular weight is 328 g/mol. The summed E-state index contributed by atoms with van der Waals surface area (Å²) in [6.45, 7) is 3.09. The van der Waals surface area contributed by atoms with Crippen LogP contribution in [0.15, 0.2) is 42.5 Å². The molecule has 2 aromatic carbocycles. The van der Waals surface area contributed by atoms with E-state index >= 15 is 0 Å². The molecule has 0 spiro atoms. The molecule has 0 bridgehead atoms. The van der Waals surface area contributed by atoms with Crippen molar-refractivity contribution in [1.82, 2.24) is 10.6 Å². The Kier molecular flexibility index (Phi) is 6.49. The van der Waals surface area contributed by atoms with E-state index in [1.165, 1.54) is 0 Å². The van der Waals surface area contributed by atoms with Crippen LogP contribution < -0.4 is 20.1 Å². The van der Waals surface area contributed by atoms with Crippen molar-refractivity contribution < 1.29 is 14.3 Å². The van der Waals surface area contributed by atoms with Crippen LogP contribution in [0.5, 0.6) is 11.5 Å². The Balaban J connectivity index is 1.82. The van der Waals surface area contributed by atoms with Crippen LogP contribution in [0, 0.1) is 6.92 Å². The lowest BCUT2D eigenvalue weighted by molar-refractivity contribution is 0.240. The van der Waals surface area contributed by atoms with Gasteiger partial charge in [0.15, 0.2) is 11.5 Å². The molecule has 2 N–H and O–H groups in total.